The molecule has 162 valence electrons. The molecule has 0 unspecified atom stereocenters. The molecule has 0 aromatic rings. The van der Waals surface area contributed by atoms with Crippen molar-refractivity contribution in [3.05, 3.63) is 0 Å². The summed E-state index contributed by atoms with van der Waals surface area (Å²) >= 11 is 0. The summed E-state index contributed by atoms with van der Waals surface area (Å²) < 4.78 is 0. The molecule has 4 saturated carbocycles. The normalized spacial score (nSPS) is 51.9. The molecule has 1 heteroatoms. The third kappa shape index (κ3) is 3.40. The molecule has 0 spiro atoms. The molecule has 0 bridgehead atoms. The van der Waals surface area contributed by atoms with Crippen LogP contribution in [-0.2, 0) is 0 Å². The monoisotopic (exact) mass is 388 g/mol. The Hall–Kier alpha value is -0.0400. The zero-order valence-corrected chi connectivity index (χ0v) is 19.6. The van der Waals surface area contributed by atoms with Crippen LogP contribution in [0.15, 0.2) is 0 Å². The van der Waals surface area contributed by atoms with Crippen molar-refractivity contribution in [3.63, 3.8) is 0 Å². The van der Waals surface area contributed by atoms with Gasteiger partial charge < -0.3 is 5.11 Å². The SMILES string of the molecule is CCCCC[C@H](C)[C@H]1CC[C@@]2(C)[C@@H]3CC[C@H]4[C@H](CC[C@](C)(O)[C@H]4C)[C@@H]3CC[C@H]12. The molecule has 4 aliphatic rings. The van der Waals surface area contributed by atoms with Gasteiger partial charge in [-0.05, 0) is 111 Å². The highest BCUT2D eigenvalue weighted by Gasteiger charge is 2.59. The van der Waals surface area contributed by atoms with Gasteiger partial charge in [0.15, 0.2) is 0 Å². The highest BCUT2D eigenvalue weighted by molar-refractivity contribution is 5.08. The first kappa shape index (κ1) is 21.2. The van der Waals surface area contributed by atoms with E-state index in [1.54, 1.807) is 0 Å². The molecule has 0 radical (unpaired) electrons. The van der Waals surface area contributed by atoms with Crippen LogP contribution in [0.5, 0.6) is 0 Å². The first-order valence-corrected chi connectivity index (χ1v) is 13.0. The second-order valence-electron chi connectivity index (χ2n) is 12.2. The summed E-state index contributed by atoms with van der Waals surface area (Å²) in [7, 11) is 0. The van der Waals surface area contributed by atoms with Gasteiger partial charge in [-0.1, -0.05) is 53.4 Å². The number of rotatable bonds is 5. The summed E-state index contributed by atoms with van der Waals surface area (Å²) in [6.07, 6.45) is 16.9. The van der Waals surface area contributed by atoms with Gasteiger partial charge in [0.25, 0.3) is 0 Å². The van der Waals surface area contributed by atoms with E-state index in [2.05, 4.69) is 34.6 Å². The second kappa shape index (κ2) is 7.90. The maximum absolute atomic E-state index is 10.9. The molecule has 0 amide bonds. The lowest BCUT2D eigenvalue weighted by Crippen LogP contribution is -2.54. The van der Waals surface area contributed by atoms with Crippen molar-refractivity contribution >= 4 is 0 Å². The average Bonchev–Trinajstić information content (AvgIpc) is 3.02. The number of fused-ring (bicyclic) bond motifs is 5. The van der Waals surface area contributed by atoms with Gasteiger partial charge in [0, 0.05) is 0 Å². The fraction of sp³-hybridized carbons (Fsp3) is 1.00. The van der Waals surface area contributed by atoms with Gasteiger partial charge in [-0.25, -0.2) is 0 Å². The molecule has 0 aromatic carbocycles. The fourth-order valence-corrected chi connectivity index (χ4v) is 9.19. The number of hydrogen-bond donors (Lipinski definition) is 1. The highest BCUT2D eigenvalue weighted by atomic mass is 16.3. The van der Waals surface area contributed by atoms with Crippen molar-refractivity contribution in [2.24, 2.45) is 52.8 Å². The zero-order chi connectivity index (χ0) is 20.1. The van der Waals surface area contributed by atoms with Gasteiger partial charge in [-0.3, -0.25) is 0 Å². The van der Waals surface area contributed by atoms with Gasteiger partial charge in [0.05, 0.1) is 5.60 Å². The van der Waals surface area contributed by atoms with Gasteiger partial charge in [0.2, 0.25) is 0 Å². The molecule has 0 heterocycles. The predicted molar refractivity (Wildman–Crippen MR) is 119 cm³/mol. The molecule has 4 fully saturated rings. The molecule has 10 atom stereocenters. The lowest BCUT2D eigenvalue weighted by molar-refractivity contribution is -0.138. The molecule has 0 aliphatic heterocycles. The van der Waals surface area contributed by atoms with Crippen LogP contribution in [0.4, 0.5) is 0 Å². The van der Waals surface area contributed by atoms with Crippen LogP contribution >= 0.6 is 0 Å². The number of hydrogen-bond acceptors (Lipinski definition) is 1. The van der Waals surface area contributed by atoms with Crippen LogP contribution in [-0.4, -0.2) is 10.7 Å². The molecule has 4 aliphatic carbocycles. The van der Waals surface area contributed by atoms with E-state index in [1.165, 1.54) is 70.6 Å². The van der Waals surface area contributed by atoms with Crippen LogP contribution in [0.1, 0.15) is 112 Å². The van der Waals surface area contributed by atoms with Crippen LogP contribution in [0.25, 0.3) is 0 Å². The van der Waals surface area contributed by atoms with Gasteiger partial charge in [-0.15, -0.1) is 0 Å². The van der Waals surface area contributed by atoms with E-state index in [4.69, 9.17) is 0 Å². The van der Waals surface area contributed by atoms with E-state index in [-0.39, 0.29) is 0 Å². The summed E-state index contributed by atoms with van der Waals surface area (Å²) in [6.45, 7) is 12.1. The first-order valence-electron chi connectivity index (χ1n) is 13.0. The van der Waals surface area contributed by atoms with Crippen LogP contribution < -0.4 is 0 Å². The van der Waals surface area contributed by atoms with Crippen molar-refractivity contribution in [2.75, 3.05) is 0 Å². The highest BCUT2D eigenvalue weighted by Crippen LogP contribution is 2.66. The first-order chi connectivity index (χ1) is 13.3. The Bertz CT molecular complexity index is 538. The Morgan fingerprint density at radius 2 is 1.57 bits per heavy atom. The van der Waals surface area contributed by atoms with E-state index in [0.717, 1.165) is 47.8 Å². The molecule has 4 rings (SSSR count). The van der Waals surface area contributed by atoms with Crippen LogP contribution in [0.2, 0.25) is 0 Å². The minimum absolute atomic E-state index is 0.415. The van der Waals surface area contributed by atoms with Crippen molar-refractivity contribution in [2.45, 2.75) is 117 Å². The van der Waals surface area contributed by atoms with E-state index >= 15 is 0 Å². The van der Waals surface area contributed by atoms with Gasteiger partial charge in [0.1, 0.15) is 0 Å². The molecule has 1 N–H and O–H groups in total. The van der Waals surface area contributed by atoms with Gasteiger partial charge in [-0.2, -0.15) is 0 Å². The Morgan fingerprint density at radius 3 is 2.32 bits per heavy atom. The van der Waals surface area contributed by atoms with E-state index in [9.17, 15) is 5.11 Å². The molecular weight excluding hydrogens is 340 g/mol. The standard InChI is InChI=1S/C27H48O/c1-6-7-8-9-18(2)20-14-16-26(4)24(20)13-11-23-22-15-17-27(5,28)19(3)21(22)10-12-25(23)26/h18-25,28H,6-17H2,1-5H3/t18-,19-,20+,21+,22-,23-,24+,25+,26+,27-/m0/s1. The largest absolute Gasteiger partial charge is 0.390 e. The van der Waals surface area contributed by atoms with Gasteiger partial charge >= 0.3 is 0 Å². The maximum Gasteiger partial charge on any atom is 0.0648 e. The van der Waals surface area contributed by atoms with Crippen molar-refractivity contribution in [1.29, 1.82) is 0 Å². The summed E-state index contributed by atoms with van der Waals surface area (Å²) in [5.74, 6) is 7.09. The smallest absolute Gasteiger partial charge is 0.0648 e. The summed E-state index contributed by atoms with van der Waals surface area (Å²) in [6, 6.07) is 0. The Balaban J connectivity index is 1.47. The number of aliphatic hydroxyl groups is 1. The van der Waals surface area contributed by atoms with Crippen molar-refractivity contribution in [1.82, 2.24) is 0 Å². The Morgan fingerprint density at radius 1 is 0.857 bits per heavy atom. The second-order valence-corrected chi connectivity index (χ2v) is 12.2. The zero-order valence-electron chi connectivity index (χ0n) is 19.6. The van der Waals surface area contributed by atoms with Crippen LogP contribution in [0.3, 0.4) is 0 Å². The Kier molecular flexibility index (Phi) is 5.98. The third-order valence-electron chi connectivity index (χ3n) is 11.1. The summed E-state index contributed by atoms with van der Waals surface area (Å²) in [5.41, 5.74) is 0.211. The quantitative estimate of drug-likeness (QED) is 0.484. The minimum Gasteiger partial charge on any atom is -0.390 e. The molecule has 28 heavy (non-hydrogen) atoms. The van der Waals surface area contributed by atoms with E-state index in [1.807, 2.05) is 0 Å². The summed E-state index contributed by atoms with van der Waals surface area (Å²) in [5, 5.41) is 10.9. The molecule has 0 aromatic heterocycles. The minimum atomic E-state index is -0.415. The Labute approximate surface area is 175 Å². The molecule has 1 nitrogen and oxygen atoms in total. The molecule has 0 saturated heterocycles. The maximum atomic E-state index is 10.9. The fourth-order valence-electron chi connectivity index (χ4n) is 9.19. The topological polar surface area (TPSA) is 20.2 Å². The van der Waals surface area contributed by atoms with E-state index in [0.29, 0.717) is 11.3 Å². The summed E-state index contributed by atoms with van der Waals surface area (Å²) in [4.78, 5) is 0. The predicted octanol–water partition coefficient (Wildman–Crippen LogP) is 7.47. The number of unbranched alkanes of at least 4 members (excludes halogenated alkanes) is 2. The van der Waals surface area contributed by atoms with E-state index < -0.39 is 5.60 Å². The average molecular weight is 389 g/mol. The lowest BCUT2D eigenvalue weighted by atomic mass is 9.46. The molecular formula is C27H48O. The van der Waals surface area contributed by atoms with Crippen molar-refractivity contribution in [3.8, 4) is 0 Å². The van der Waals surface area contributed by atoms with Crippen LogP contribution in [0, 0.1) is 52.8 Å². The van der Waals surface area contributed by atoms with Crippen molar-refractivity contribution < 1.29 is 5.11 Å². The lowest BCUT2D eigenvalue weighted by Gasteiger charge is -2.59. The third-order valence-corrected chi connectivity index (χ3v) is 11.1.